The van der Waals surface area contributed by atoms with Gasteiger partial charge in [0, 0.05) is 12.8 Å². The largest absolute Gasteiger partial charge is 0.469 e. The van der Waals surface area contributed by atoms with E-state index in [0.717, 1.165) is 70.6 Å². The van der Waals surface area contributed by atoms with Crippen molar-refractivity contribution >= 4 is 19.8 Å². The van der Waals surface area contributed by atoms with Gasteiger partial charge in [0.15, 0.2) is 6.10 Å². The molecule has 0 fully saturated rings. The molecule has 0 aromatic carbocycles. The third-order valence-corrected chi connectivity index (χ3v) is 8.37. The summed E-state index contributed by atoms with van der Waals surface area (Å²) < 4.78 is 26.3. The Labute approximate surface area is 316 Å². The molecule has 0 aliphatic rings. The van der Waals surface area contributed by atoms with Gasteiger partial charge in [0.05, 0.1) is 6.61 Å². The van der Waals surface area contributed by atoms with Crippen molar-refractivity contribution in [2.24, 2.45) is 0 Å². The SMILES string of the molecule is CCCCC/C=C\C/C=C\C/C=C\C/C=C\CCCCCC(=O)OC[C@H](COP(=O)(O)O)OC(=O)CCCC/C=C\C/C=C\C/C=C\CCCCC. The number of esters is 2. The summed E-state index contributed by atoms with van der Waals surface area (Å²) in [5.74, 6) is -0.975. The van der Waals surface area contributed by atoms with Crippen LogP contribution in [0.25, 0.3) is 0 Å². The second-order valence-corrected chi connectivity index (χ2v) is 14.1. The minimum Gasteiger partial charge on any atom is -0.462 e. The van der Waals surface area contributed by atoms with Crippen molar-refractivity contribution in [3.63, 3.8) is 0 Å². The van der Waals surface area contributed by atoms with Crippen molar-refractivity contribution in [3.05, 3.63) is 85.1 Å². The number of allylic oxidation sites excluding steroid dienone is 14. The molecule has 9 heteroatoms. The van der Waals surface area contributed by atoms with Crippen molar-refractivity contribution in [2.45, 2.75) is 161 Å². The lowest BCUT2D eigenvalue weighted by Gasteiger charge is -2.18. The standard InChI is InChI=1S/C43H71O8P/c1-3-5-7-9-11-13-15-17-19-20-21-22-24-25-27-29-31-33-35-37-42(44)49-39-41(40-50-52(46,47)48)51-43(45)38-36-34-32-30-28-26-23-18-16-14-12-10-8-6-4-2/h11-14,17-19,21-23,25,27-28,30,41H,3-10,15-16,20,24,26,29,31-40H2,1-2H3,(H2,46,47,48)/b13-11-,14-12-,19-17-,22-21-,23-18-,27-25-,30-28-/t41-/m1/s1. The van der Waals surface area contributed by atoms with Gasteiger partial charge in [-0.1, -0.05) is 131 Å². The van der Waals surface area contributed by atoms with Gasteiger partial charge in [0.2, 0.25) is 0 Å². The number of carbonyl (C=O) groups excluding carboxylic acids is 2. The van der Waals surface area contributed by atoms with Gasteiger partial charge in [-0.15, -0.1) is 0 Å². The van der Waals surface area contributed by atoms with Gasteiger partial charge in [-0.25, -0.2) is 4.57 Å². The maximum Gasteiger partial charge on any atom is 0.469 e. The van der Waals surface area contributed by atoms with Crippen LogP contribution in [0.2, 0.25) is 0 Å². The smallest absolute Gasteiger partial charge is 0.462 e. The summed E-state index contributed by atoms with van der Waals surface area (Å²) in [4.78, 5) is 42.7. The van der Waals surface area contributed by atoms with Crippen LogP contribution >= 0.6 is 7.82 Å². The molecule has 296 valence electrons. The van der Waals surface area contributed by atoms with Gasteiger partial charge >= 0.3 is 19.8 Å². The fourth-order valence-electron chi connectivity index (χ4n) is 4.89. The maximum atomic E-state index is 12.4. The van der Waals surface area contributed by atoms with Crippen molar-refractivity contribution in [1.29, 1.82) is 0 Å². The van der Waals surface area contributed by atoms with E-state index in [0.29, 0.717) is 12.8 Å². The number of carbonyl (C=O) groups is 2. The van der Waals surface area contributed by atoms with E-state index in [1.165, 1.54) is 44.9 Å². The van der Waals surface area contributed by atoms with Crippen LogP contribution < -0.4 is 0 Å². The summed E-state index contributed by atoms with van der Waals surface area (Å²) in [5, 5.41) is 0. The van der Waals surface area contributed by atoms with E-state index in [1.54, 1.807) is 0 Å². The Balaban J connectivity index is 4.10. The molecule has 0 aromatic rings. The van der Waals surface area contributed by atoms with Crippen LogP contribution in [0.1, 0.15) is 155 Å². The van der Waals surface area contributed by atoms with E-state index in [-0.39, 0.29) is 19.4 Å². The monoisotopic (exact) mass is 746 g/mol. The molecule has 0 amide bonds. The number of hydrogen-bond donors (Lipinski definition) is 2. The lowest BCUT2D eigenvalue weighted by molar-refractivity contribution is -0.161. The molecule has 0 saturated heterocycles. The Morgan fingerprint density at radius 2 is 0.865 bits per heavy atom. The molecule has 0 unspecified atom stereocenters. The van der Waals surface area contributed by atoms with E-state index in [2.05, 4.69) is 103 Å². The maximum absolute atomic E-state index is 12.4. The van der Waals surface area contributed by atoms with E-state index in [9.17, 15) is 14.2 Å². The molecule has 0 spiro atoms. The number of phosphoric ester groups is 1. The number of phosphoric acid groups is 1. The molecule has 0 heterocycles. The first kappa shape index (κ1) is 49.2. The van der Waals surface area contributed by atoms with Crippen LogP contribution in [0, 0.1) is 0 Å². The fraction of sp³-hybridized carbons (Fsp3) is 0.628. The molecule has 0 aromatic heterocycles. The summed E-state index contributed by atoms with van der Waals surface area (Å²) in [6, 6.07) is 0. The van der Waals surface area contributed by atoms with Crippen molar-refractivity contribution in [2.75, 3.05) is 13.2 Å². The van der Waals surface area contributed by atoms with E-state index in [4.69, 9.17) is 19.3 Å². The minimum atomic E-state index is -4.78. The third kappa shape index (κ3) is 40.0. The molecule has 0 radical (unpaired) electrons. The third-order valence-electron chi connectivity index (χ3n) is 7.89. The van der Waals surface area contributed by atoms with E-state index < -0.39 is 32.5 Å². The van der Waals surface area contributed by atoms with Crippen LogP contribution in [0.4, 0.5) is 0 Å². The summed E-state index contributed by atoms with van der Waals surface area (Å²) in [7, 11) is -4.78. The molecule has 0 saturated carbocycles. The molecule has 0 bridgehead atoms. The predicted octanol–water partition coefficient (Wildman–Crippen LogP) is 12.1. The summed E-state index contributed by atoms with van der Waals surface area (Å²) >= 11 is 0. The van der Waals surface area contributed by atoms with Crippen LogP contribution in [-0.2, 0) is 28.2 Å². The van der Waals surface area contributed by atoms with Crippen LogP contribution in [0.3, 0.4) is 0 Å². The van der Waals surface area contributed by atoms with Crippen molar-refractivity contribution in [1.82, 2.24) is 0 Å². The summed E-state index contributed by atoms with van der Waals surface area (Å²) in [6.45, 7) is 3.55. The Bertz CT molecular complexity index is 1110. The fourth-order valence-corrected chi connectivity index (χ4v) is 5.25. The normalized spacial score (nSPS) is 13.4. The highest BCUT2D eigenvalue weighted by molar-refractivity contribution is 7.46. The van der Waals surface area contributed by atoms with E-state index >= 15 is 0 Å². The van der Waals surface area contributed by atoms with Gasteiger partial charge < -0.3 is 19.3 Å². The zero-order chi connectivity index (χ0) is 38.2. The van der Waals surface area contributed by atoms with Crippen LogP contribution in [0.5, 0.6) is 0 Å². The van der Waals surface area contributed by atoms with Crippen molar-refractivity contribution in [3.8, 4) is 0 Å². The van der Waals surface area contributed by atoms with Gasteiger partial charge in [-0.3, -0.25) is 14.1 Å². The Morgan fingerprint density at radius 1 is 0.500 bits per heavy atom. The summed E-state index contributed by atoms with van der Waals surface area (Å²) in [6.07, 6.45) is 50.2. The summed E-state index contributed by atoms with van der Waals surface area (Å²) in [5.41, 5.74) is 0. The number of ether oxygens (including phenoxy) is 2. The zero-order valence-electron chi connectivity index (χ0n) is 32.4. The van der Waals surface area contributed by atoms with Gasteiger partial charge in [-0.05, 0) is 96.3 Å². The average molecular weight is 747 g/mol. The minimum absolute atomic E-state index is 0.151. The molecule has 52 heavy (non-hydrogen) atoms. The number of unbranched alkanes of at least 4 members (excludes halogenated alkanes) is 11. The van der Waals surface area contributed by atoms with Gasteiger partial charge in [0.1, 0.15) is 6.61 Å². The first-order valence-electron chi connectivity index (χ1n) is 19.9. The number of hydrogen-bond acceptors (Lipinski definition) is 6. The Hall–Kier alpha value is -2.77. The molecule has 0 aliphatic heterocycles. The highest BCUT2D eigenvalue weighted by atomic mass is 31.2. The molecule has 2 N–H and O–H groups in total. The van der Waals surface area contributed by atoms with Crippen LogP contribution in [0.15, 0.2) is 85.1 Å². The second kappa shape index (κ2) is 38.0. The zero-order valence-corrected chi connectivity index (χ0v) is 33.3. The molecule has 0 aliphatic carbocycles. The van der Waals surface area contributed by atoms with Gasteiger partial charge in [-0.2, -0.15) is 0 Å². The quantitative estimate of drug-likeness (QED) is 0.0285. The molecule has 0 rings (SSSR count). The first-order valence-corrected chi connectivity index (χ1v) is 21.4. The lowest BCUT2D eigenvalue weighted by atomic mass is 10.1. The molecule has 1 atom stereocenters. The highest BCUT2D eigenvalue weighted by Gasteiger charge is 2.22. The number of rotatable bonds is 35. The first-order chi connectivity index (χ1) is 25.3. The molecular weight excluding hydrogens is 675 g/mol. The topological polar surface area (TPSA) is 119 Å². The second-order valence-electron chi connectivity index (χ2n) is 12.9. The van der Waals surface area contributed by atoms with Crippen LogP contribution in [-0.4, -0.2) is 41.0 Å². The molecule has 8 nitrogen and oxygen atoms in total. The van der Waals surface area contributed by atoms with Crippen molar-refractivity contribution < 1.29 is 37.9 Å². The average Bonchev–Trinajstić information content (AvgIpc) is 3.11. The Kier molecular flexibility index (Phi) is 35.9. The highest BCUT2D eigenvalue weighted by Crippen LogP contribution is 2.36. The lowest BCUT2D eigenvalue weighted by Crippen LogP contribution is -2.29. The predicted molar refractivity (Wildman–Crippen MR) is 216 cm³/mol. The Morgan fingerprint density at radius 3 is 1.29 bits per heavy atom. The van der Waals surface area contributed by atoms with Gasteiger partial charge in [0.25, 0.3) is 0 Å². The van der Waals surface area contributed by atoms with E-state index in [1.807, 2.05) is 0 Å². The molecular formula is C43H71O8P.